The predicted molar refractivity (Wildman–Crippen MR) is 74.3 cm³/mol. The molecular formula is C15H13ClN2O. The maximum Gasteiger partial charge on any atom is 0.253 e. The number of carbonyl (C=O) groups is 1. The highest BCUT2D eigenvalue weighted by molar-refractivity contribution is 6.30. The highest BCUT2D eigenvalue weighted by Crippen LogP contribution is 2.41. The summed E-state index contributed by atoms with van der Waals surface area (Å²) in [5, 5.41) is 3.75. The molecule has 1 aliphatic carbocycles. The Morgan fingerprint density at radius 3 is 2.95 bits per heavy atom. The molecule has 0 unspecified atom stereocenters. The molecule has 0 saturated heterocycles. The van der Waals surface area contributed by atoms with E-state index in [2.05, 4.69) is 10.3 Å². The van der Waals surface area contributed by atoms with Gasteiger partial charge >= 0.3 is 0 Å². The zero-order valence-electron chi connectivity index (χ0n) is 10.2. The molecule has 19 heavy (non-hydrogen) atoms. The van der Waals surface area contributed by atoms with E-state index in [1.165, 1.54) is 5.56 Å². The van der Waals surface area contributed by atoms with E-state index in [0.717, 1.165) is 11.4 Å². The van der Waals surface area contributed by atoms with Crippen molar-refractivity contribution in [2.45, 2.75) is 18.4 Å². The summed E-state index contributed by atoms with van der Waals surface area (Å²) in [6.45, 7) is 0. The first kappa shape index (κ1) is 12.2. The number of rotatable bonds is 3. The molecule has 3 rings (SSSR count). The van der Waals surface area contributed by atoms with Crippen molar-refractivity contribution in [1.82, 2.24) is 10.3 Å². The molecule has 1 saturated carbocycles. The number of amides is 1. The van der Waals surface area contributed by atoms with Gasteiger partial charge in [0.05, 0.1) is 5.56 Å². The van der Waals surface area contributed by atoms with Crippen LogP contribution in [-0.2, 0) is 0 Å². The van der Waals surface area contributed by atoms with E-state index < -0.39 is 0 Å². The maximum atomic E-state index is 12.0. The number of nitrogens with zero attached hydrogens (tertiary/aromatic N) is 1. The Balaban J connectivity index is 1.64. The minimum Gasteiger partial charge on any atom is -0.349 e. The SMILES string of the molecule is O=C(N[C@H]1C[C@@H]1c1cccc(Cl)c1)c1cccnc1. The van der Waals surface area contributed by atoms with Crippen LogP contribution in [0.15, 0.2) is 48.8 Å². The average Bonchev–Trinajstić information content (AvgIpc) is 3.19. The van der Waals surface area contributed by atoms with Crippen LogP contribution < -0.4 is 5.32 Å². The van der Waals surface area contributed by atoms with E-state index in [0.29, 0.717) is 11.5 Å². The van der Waals surface area contributed by atoms with Crippen LogP contribution in [0.4, 0.5) is 0 Å². The highest BCUT2D eigenvalue weighted by Gasteiger charge is 2.39. The van der Waals surface area contributed by atoms with Crippen LogP contribution in [0.25, 0.3) is 0 Å². The van der Waals surface area contributed by atoms with Crippen LogP contribution in [0.3, 0.4) is 0 Å². The van der Waals surface area contributed by atoms with E-state index in [9.17, 15) is 4.79 Å². The quantitative estimate of drug-likeness (QED) is 0.933. The second-order valence-corrected chi connectivity index (χ2v) is 5.16. The monoisotopic (exact) mass is 272 g/mol. The lowest BCUT2D eigenvalue weighted by Gasteiger charge is -2.04. The average molecular weight is 273 g/mol. The van der Waals surface area contributed by atoms with Crippen LogP contribution in [-0.4, -0.2) is 16.9 Å². The van der Waals surface area contributed by atoms with Gasteiger partial charge < -0.3 is 5.32 Å². The lowest BCUT2D eigenvalue weighted by molar-refractivity contribution is 0.0950. The van der Waals surface area contributed by atoms with Crippen LogP contribution in [0.1, 0.15) is 28.3 Å². The van der Waals surface area contributed by atoms with Gasteiger partial charge in [-0.1, -0.05) is 23.7 Å². The molecule has 0 radical (unpaired) electrons. The smallest absolute Gasteiger partial charge is 0.253 e. The van der Waals surface area contributed by atoms with Gasteiger partial charge in [-0.25, -0.2) is 0 Å². The third kappa shape index (κ3) is 2.76. The van der Waals surface area contributed by atoms with Crippen molar-refractivity contribution < 1.29 is 4.79 Å². The van der Waals surface area contributed by atoms with Crippen molar-refractivity contribution in [2.24, 2.45) is 0 Å². The van der Waals surface area contributed by atoms with Crippen molar-refractivity contribution in [2.75, 3.05) is 0 Å². The summed E-state index contributed by atoms with van der Waals surface area (Å²) in [6.07, 6.45) is 4.20. The zero-order valence-corrected chi connectivity index (χ0v) is 11.0. The van der Waals surface area contributed by atoms with Gasteiger partial charge in [-0.3, -0.25) is 9.78 Å². The van der Waals surface area contributed by atoms with Gasteiger partial charge in [0.2, 0.25) is 0 Å². The third-order valence-corrected chi connectivity index (χ3v) is 3.54. The normalized spacial score (nSPS) is 20.9. The van der Waals surface area contributed by atoms with Crippen molar-refractivity contribution in [3.63, 3.8) is 0 Å². The van der Waals surface area contributed by atoms with Gasteiger partial charge in [-0.05, 0) is 36.2 Å². The van der Waals surface area contributed by atoms with Crippen molar-refractivity contribution in [3.8, 4) is 0 Å². The summed E-state index contributed by atoms with van der Waals surface area (Å²) in [4.78, 5) is 15.9. The molecule has 2 aromatic rings. The summed E-state index contributed by atoms with van der Waals surface area (Å²) in [6, 6.07) is 11.5. The largest absolute Gasteiger partial charge is 0.349 e. The van der Waals surface area contributed by atoms with Gasteiger partial charge in [0.15, 0.2) is 0 Å². The van der Waals surface area contributed by atoms with E-state index in [1.54, 1.807) is 24.5 Å². The second kappa shape index (κ2) is 5.02. The zero-order chi connectivity index (χ0) is 13.2. The van der Waals surface area contributed by atoms with Crippen LogP contribution in [0.2, 0.25) is 5.02 Å². The summed E-state index contributed by atoms with van der Waals surface area (Å²) in [5.41, 5.74) is 1.78. The molecule has 4 heteroatoms. The lowest BCUT2D eigenvalue weighted by Crippen LogP contribution is -2.26. The molecule has 0 aliphatic heterocycles. The predicted octanol–water partition coefficient (Wildman–Crippen LogP) is 3.02. The number of carbonyl (C=O) groups excluding carboxylic acids is 1. The number of nitrogens with one attached hydrogen (secondary N) is 1. The highest BCUT2D eigenvalue weighted by atomic mass is 35.5. The van der Waals surface area contributed by atoms with Crippen molar-refractivity contribution >= 4 is 17.5 Å². The van der Waals surface area contributed by atoms with Gasteiger partial charge in [0.1, 0.15) is 0 Å². The third-order valence-electron chi connectivity index (χ3n) is 3.31. The lowest BCUT2D eigenvalue weighted by atomic mass is 10.1. The molecule has 1 N–H and O–H groups in total. The molecule has 3 nitrogen and oxygen atoms in total. The molecule has 1 aromatic heterocycles. The van der Waals surface area contributed by atoms with Gasteiger partial charge in [0, 0.05) is 29.4 Å². The molecule has 0 bridgehead atoms. The van der Waals surface area contributed by atoms with Crippen molar-refractivity contribution in [1.29, 1.82) is 0 Å². The molecule has 2 atom stereocenters. The topological polar surface area (TPSA) is 42.0 Å². The molecule has 0 spiro atoms. The Kier molecular flexibility index (Phi) is 3.22. The molecule has 1 aromatic carbocycles. The Labute approximate surface area is 116 Å². The standard InChI is InChI=1S/C15H13ClN2O/c16-12-5-1-3-10(7-12)13-8-14(13)18-15(19)11-4-2-6-17-9-11/h1-7,9,13-14H,8H2,(H,18,19)/t13-,14+/m1/s1. The first-order chi connectivity index (χ1) is 9.24. The van der Waals surface area contributed by atoms with Crippen molar-refractivity contribution in [3.05, 3.63) is 64.9 Å². The molecule has 96 valence electrons. The fraction of sp³-hybridized carbons (Fsp3) is 0.200. The number of halogens is 1. The number of hydrogen-bond acceptors (Lipinski definition) is 2. The first-order valence-electron chi connectivity index (χ1n) is 6.20. The van der Waals surface area contributed by atoms with E-state index in [4.69, 9.17) is 11.6 Å². The minimum atomic E-state index is -0.0670. The number of hydrogen-bond donors (Lipinski definition) is 1. The molecule has 1 fully saturated rings. The Morgan fingerprint density at radius 1 is 1.32 bits per heavy atom. The summed E-state index contributed by atoms with van der Waals surface area (Å²) in [5.74, 6) is 0.307. The van der Waals surface area contributed by atoms with E-state index in [-0.39, 0.29) is 11.9 Å². The maximum absolute atomic E-state index is 12.0. The Morgan fingerprint density at radius 2 is 2.21 bits per heavy atom. The number of benzene rings is 1. The van der Waals surface area contributed by atoms with Gasteiger partial charge in [-0.2, -0.15) is 0 Å². The Bertz CT molecular complexity index is 600. The molecule has 1 amide bonds. The summed E-state index contributed by atoms with van der Waals surface area (Å²) in [7, 11) is 0. The molecule has 1 heterocycles. The van der Waals surface area contributed by atoms with Gasteiger partial charge in [-0.15, -0.1) is 0 Å². The second-order valence-electron chi connectivity index (χ2n) is 4.72. The van der Waals surface area contributed by atoms with Crippen LogP contribution in [0, 0.1) is 0 Å². The fourth-order valence-electron chi connectivity index (χ4n) is 2.21. The van der Waals surface area contributed by atoms with Crippen LogP contribution in [0.5, 0.6) is 0 Å². The minimum absolute atomic E-state index is 0.0670. The number of pyridine rings is 1. The summed E-state index contributed by atoms with van der Waals surface area (Å²) < 4.78 is 0. The van der Waals surface area contributed by atoms with Crippen LogP contribution >= 0.6 is 11.6 Å². The Hall–Kier alpha value is -1.87. The number of aromatic nitrogens is 1. The fourth-order valence-corrected chi connectivity index (χ4v) is 2.41. The van der Waals surface area contributed by atoms with Gasteiger partial charge in [0.25, 0.3) is 5.91 Å². The first-order valence-corrected chi connectivity index (χ1v) is 6.58. The summed E-state index contributed by atoms with van der Waals surface area (Å²) >= 11 is 5.97. The molecule has 1 aliphatic rings. The van der Waals surface area contributed by atoms with E-state index >= 15 is 0 Å². The van der Waals surface area contributed by atoms with E-state index in [1.807, 2.05) is 24.3 Å². The molecular weight excluding hydrogens is 260 g/mol.